The lowest BCUT2D eigenvalue weighted by molar-refractivity contribution is 0.0601. The highest BCUT2D eigenvalue weighted by atomic mass is 16.5. The van der Waals surface area contributed by atoms with Crippen molar-refractivity contribution < 1.29 is 14.6 Å². The van der Waals surface area contributed by atoms with E-state index in [9.17, 15) is 9.90 Å². The summed E-state index contributed by atoms with van der Waals surface area (Å²) in [5.74, 6) is -0.447. The average molecular weight is 495 g/mol. The zero-order chi connectivity index (χ0) is 25.9. The molecule has 0 saturated heterocycles. The van der Waals surface area contributed by atoms with Gasteiger partial charge in [-0.3, -0.25) is 4.90 Å². The highest BCUT2D eigenvalue weighted by Gasteiger charge is 2.20. The van der Waals surface area contributed by atoms with Crippen molar-refractivity contribution in [2.45, 2.75) is 20.4 Å². The number of benzene rings is 3. The van der Waals surface area contributed by atoms with Crippen molar-refractivity contribution in [3.05, 3.63) is 95.2 Å². The summed E-state index contributed by atoms with van der Waals surface area (Å²) in [4.78, 5) is 25.7. The number of carbonyl (C=O) groups is 1. The Kier molecular flexibility index (Phi) is 6.79. The molecule has 0 fully saturated rings. The fourth-order valence-corrected chi connectivity index (χ4v) is 4.64. The van der Waals surface area contributed by atoms with Gasteiger partial charge in [-0.15, -0.1) is 0 Å². The van der Waals surface area contributed by atoms with Crippen LogP contribution in [0.15, 0.2) is 77.9 Å². The number of nitrogens with zero attached hydrogens (tertiary/aromatic N) is 2. The molecule has 0 atom stereocenters. The fraction of sp³-hybridized carbons (Fsp3) is 0.200. The molecule has 37 heavy (non-hydrogen) atoms. The zero-order valence-electron chi connectivity index (χ0n) is 21.2. The van der Waals surface area contributed by atoms with Gasteiger partial charge in [0.05, 0.1) is 29.6 Å². The minimum Gasteiger partial charge on any atom is -0.494 e. The molecule has 3 aromatic carbocycles. The van der Waals surface area contributed by atoms with Gasteiger partial charge in [0, 0.05) is 40.1 Å². The monoisotopic (exact) mass is 494 g/mol. The molecular formula is C30H30N4O3. The minimum absolute atomic E-state index is 0.0110. The van der Waals surface area contributed by atoms with Crippen LogP contribution in [0.25, 0.3) is 21.8 Å². The average Bonchev–Trinajstić information content (AvgIpc) is 3.53. The standard InChI is InChI=1S/C30H30N4O3/c1-4-34(5-2)18-19-6-10-23(11-7-19)32-28(21-9-13-25-20(16-21)14-15-31-25)27-24-12-8-22(30(36)37-3)17-26(24)33-29(27)35/h6-17,31,33,35H,4-5,18H2,1-3H3. The highest BCUT2D eigenvalue weighted by Crippen LogP contribution is 2.33. The SMILES string of the molecule is CCN(CC)Cc1ccc(N=C(c2ccc3[nH]ccc3c2)c2c(O)[nH]c3cc(C(=O)OC)ccc23)cc1. The summed E-state index contributed by atoms with van der Waals surface area (Å²) in [5.41, 5.74) is 6.14. The summed E-state index contributed by atoms with van der Waals surface area (Å²) in [6, 6.07) is 21.5. The summed E-state index contributed by atoms with van der Waals surface area (Å²) in [5, 5.41) is 12.8. The molecule has 7 nitrogen and oxygen atoms in total. The molecule has 3 N–H and O–H groups in total. The van der Waals surface area contributed by atoms with Crippen LogP contribution in [0.1, 0.15) is 40.9 Å². The first-order chi connectivity index (χ1) is 18.0. The van der Waals surface area contributed by atoms with Crippen molar-refractivity contribution in [1.82, 2.24) is 14.9 Å². The van der Waals surface area contributed by atoms with Gasteiger partial charge in [-0.05, 0) is 61.1 Å². The fourth-order valence-electron chi connectivity index (χ4n) is 4.64. The van der Waals surface area contributed by atoms with Crippen LogP contribution in [0.5, 0.6) is 5.88 Å². The molecule has 5 aromatic rings. The number of aromatic hydroxyl groups is 1. The second kappa shape index (κ2) is 10.3. The van der Waals surface area contributed by atoms with E-state index in [0.717, 1.165) is 47.2 Å². The van der Waals surface area contributed by atoms with Gasteiger partial charge in [0.2, 0.25) is 0 Å². The van der Waals surface area contributed by atoms with Crippen LogP contribution in [0, 0.1) is 0 Å². The van der Waals surface area contributed by atoms with Crippen LogP contribution >= 0.6 is 0 Å². The van der Waals surface area contributed by atoms with Crippen LogP contribution in [-0.4, -0.2) is 51.9 Å². The lowest BCUT2D eigenvalue weighted by Crippen LogP contribution is -2.21. The number of methoxy groups -OCH3 is 1. The van der Waals surface area contributed by atoms with Crippen molar-refractivity contribution in [1.29, 1.82) is 0 Å². The van der Waals surface area contributed by atoms with E-state index in [0.29, 0.717) is 22.4 Å². The van der Waals surface area contributed by atoms with Crippen molar-refractivity contribution in [3.63, 3.8) is 0 Å². The van der Waals surface area contributed by atoms with Crippen molar-refractivity contribution in [3.8, 4) is 5.88 Å². The lowest BCUT2D eigenvalue weighted by Gasteiger charge is -2.17. The third-order valence-electron chi connectivity index (χ3n) is 6.74. The van der Waals surface area contributed by atoms with E-state index < -0.39 is 5.97 Å². The molecule has 0 aliphatic carbocycles. The Labute approximate surface area is 215 Å². The number of rotatable bonds is 8. The number of nitrogens with one attached hydrogen (secondary N) is 2. The third kappa shape index (κ3) is 4.86. The molecule has 7 heteroatoms. The van der Waals surface area contributed by atoms with E-state index >= 15 is 0 Å². The number of H-pyrrole nitrogens is 2. The summed E-state index contributed by atoms with van der Waals surface area (Å²) in [6.45, 7) is 7.22. The smallest absolute Gasteiger partial charge is 0.337 e. The second-order valence-corrected chi connectivity index (χ2v) is 8.97. The van der Waals surface area contributed by atoms with Gasteiger partial charge < -0.3 is 19.8 Å². The third-order valence-corrected chi connectivity index (χ3v) is 6.74. The van der Waals surface area contributed by atoms with Crippen LogP contribution in [0.4, 0.5) is 5.69 Å². The molecule has 0 radical (unpaired) electrons. The Morgan fingerprint density at radius 1 is 0.946 bits per heavy atom. The molecule has 2 heterocycles. The molecular weight excluding hydrogens is 464 g/mol. The van der Waals surface area contributed by atoms with Crippen LogP contribution in [0.3, 0.4) is 0 Å². The summed E-state index contributed by atoms with van der Waals surface area (Å²) in [7, 11) is 1.35. The number of fused-ring (bicyclic) bond motifs is 2. The van der Waals surface area contributed by atoms with Gasteiger partial charge in [-0.2, -0.15) is 0 Å². The first-order valence-electron chi connectivity index (χ1n) is 12.4. The Morgan fingerprint density at radius 2 is 1.70 bits per heavy atom. The Balaban J connectivity index is 1.63. The molecule has 0 unspecified atom stereocenters. The quantitative estimate of drug-likeness (QED) is 0.178. The summed E-state index contributed by atoms with van der Waals surface area (Å²) in [6.07, 6.45) is 1.90. The van der Waals surface area contributed by atoms with Gasteiger partial charge in [0.25, 0.3) is 0 Å². The Bertz CT molecular complexity index is 1590. The van der Waals surface area contributed by atoms with Crippen LogP contribution in [0.2, 0.25) is 0 Å². The van der Waals surface area contributed by atoms with Gasteiger partial charge in [-0.25, -0.2) is 9.79 Å². The number of hydrogen-bond donors (Lipinski definition) is 3. The largest absolute Gasteiger partial charge is 0.494 e. The van der Waals surface area contributed by atoms with Gasteiger partial charge >= 0.3 is 5.97 Å². The molecule has 0 aliphatic rings. The molecule has 0 spiro atoms. The van der Waals surface area contributed by atoms with E-state index in [1.165, 1.54) is 12.7 Å². The minimum atomic E-state index is -0.436. The van der Waals surface area contributed by atoms with Gasteiger partial charge in [0.15, 0.2) is 5.88 Å². The predicted octanol–water partition coefficient (Wildman–Crippen LogP) is 6.15. The summed E-state index contributed by atoms with van der Waals surface area (Å²) < 4.78 is 4.85. The number of esters is 1. The van der Waals surface area contributed by atoms with E-state index in [-0.39, 0.29) is 5.88 Å². The maximum Gasteiger partial charge on any atom is 0.337 e. The maximum atomic E-state index is 12.0. The second-order valence-electron chi connectivity index (χ2n) is 8.97. The van der Waals surface area contributed by atoms with E-state index in [2.05, 4.69) is 46.9 Å². The number of ether oxygens (including phenoxy) is 1. The number of carbonyl (C=O) groups excluding carboxylic acids is 1. The number of aromatic amines is 2. The topological polar surface area (TPSA) is 93.7 Å². The van der Waals surface area contributed by atoms with E-state index in [4.69, 9.17) is 9.73 Å². The van der Waals surface area contributed by atoms with Crippen molar-refractivity contribution in [2.75, 3.05) is 20.2 Å². The molecule has 0 saturated carbocycles. The maximum absolute atomic E-state index is 12.0. The number of aliphatic imine (C=N–C) groups is 1. The Hall–Kier alpha value is -4.36. The van der Waals surface area contributed by atoms with E-state index in [1.807, 2.05) is 42.6 Å². The molecule has 0 amide bonds. The lowest BCUT2D eigenvalue weighted by atomic mass is 9.99. The molecule has 5 rings (SSSR count). The van der Waals surface area contributed by atoms with Crippen molar-refractivity contribution in [2.24, 2.45) is 4.99 Å². The summed E-state index contributed by atoms with van der Waals surface area (Å²) >= 11 is 0. The number of aromatic nitrogens is 2. The normalized spacial score (nSPS) is 12.1. The van der Waals surface area contributed by atoms with E-state index in [1.54, 1.807) is 12.1 Å². The molecule has 0 bridgehead atoms. The number of hydrogen-bond acceptors (Lipinski definition) is 5. The highest BCUT2D eigenvalue weighted by molar-refractivity contribution is 6.22. The van der Waals surface area contributed by atoms with Crippen molar-refractivity contribution >= 4 is 39.2 Å². The molecule has 2 aromatic heterocycles. The van der Waals surface area contributed by atoms with Gasteiger partial charge in [0.1, 0.15) is 0 Å². The molecule has 188 valence electrons. The first kappa shape index (κ1) is 24.3. The van der Waals surface area contributed by atoms with Crippen LogP contribution < -0.4 is 0 Å². The van der Waals surface area contributed by atoms with Crippen LogP contribution in [-0.2, 0) is 11.3 Å². The van der Waals surface area contributed by atoms with Gasteiger partial charge in [-0.1, -0.05) is 38.1 Å². The molecule has 0 aliphatic heterocycles. The Morgan fingerprint density at radius 3 is 2.43 bits per heavy atom. The predicted molar refractivity (Wildman–Crippen MR) is 148 cm³/mol. The zero-order valence-corrected chi connectivity index (χ0v) is 21.2. The first-order valence-corrected chi connectivity index (χ1v) is 12.4.